The van der Waals surface area contributed by atoms with Crippen LogP contribution in [0, 0.1) is 6.92 Å². The molecule has 0 aliphatic carbocycles. The fourth-order valence-electron chi connectivity index (χ4n) is 2.03. The lowest BCUT2D eigenvalue weighted by Crippen LogP contribution is -2.03. The molecule has 0 aliphatic heterocycles. The van der Waals surface area contributed by atoms with E-state index in [0.717, 1.165) is 5.56 Å². The molecule has 0 N–H and O–H groups in total. The van der Waals surface area contributed by atoms with Crippen LogP contribution in [-0.2, 0) is 4.74 Å². The molecule has 6 heteroatoms. The maximum atomic E-state index is 11.9. The van der Waals surface area contributed by atoms with Crippen molar-refractivity contribution in [3.05, 3.63) is 41.9 Å². The molecule has 0 radical (unpaired) electrons. The molecule has 6 nitrogen and oxygen atoms in total. The van der Waals surface area contributed by atoms with Gasteiger partial charge in [0, 0.05) is 18.0 Å². The smallest absolute Gasteiger partial charge is 0.338 e. The quantitative estimate of drug-likeness (QED) is 0.665. The summed E-state index contributed by atoms with van der Waals surface area (Å²) < 4.78 is 9.96. The lowest BCUT2D eigenvalue weighted by Gasteiger charge is -2.04. The number of methoxy groups -OCH3 is 1. The number of fused-ring (bicyclic) bond motifs is 1. The molecule has 0 atom stereocenters. The van der Waals surface area contributed by atoms with Crippen LogP contribution in [0.3, 0.4) is 0 Å². The van der Waals surface area contributed by atoms with Crippen LogP contribution in [0.1, 0.15) is 16.1 Å². The molecule has 3 aromatic heterocycles. The number of ether oxygens (including phenoxy) is 1. The van der Waals surface area contributed by atoms with Crippen LogP contribution in [-0.4, -0.2) is 28.2 Å². The van der Waals surface area contributed by atoms with Gasteiger partial charge in [0.05, 0.1) is 29.4 Å². The van der Waals surface area contributed by atoms with Crippen molar-refractivity contribution < 1.29 is 14.1 Å². The molecule has 3 rings (SSSR count). The van der Waals surface area contributed by atoms with Gasteiger partial charge in [-0.15, -0.1) is 0 Å². The number of nitrogens with zero attached hydrogens (tertiary/aromatic N) is 3. The summed E-state index contributed by atoms with van der Waals surface area (Å²) in [7, 11) is 1.33. The van der Waals surface area contributed by atoms with Gasteiger partial charge in [0.1, 0.15) is 0 Å². The van der Waals surface area contributed by atoms with Crippen LogP contribution in [0.2, 0.25) is 0 Å². The van der Waals surface area contributed by atoms with E-state index in [0.29, 0.717) is 28.1 Å². The molecule has 3 aromatic rings. The van der Waals surface area contributed by atoms with Crippen molar-refractivity contribution >= 4 is 17.1 Å². The number of hydrogen-bond donors (Lipinski definition) is 0. The summed E-state index contributed by atoms with van der Waals surface area (Å²) in [4.78, 5) is 20.3. The summed E-state index contributed by atoms with van der Waals surface area (Å²) in [6, 6.07) is 5.31. The molecule has 0 aromatic carbocycles. The van der Waals surface area contributed by atoms with Crippen LogP contribution < -0.4 is 0 Å². The Morgan fingerprint density at radius 1 is 1.40 bits per heavy atom. The lowest BCUT2D eigenvalue weighted by atomic mass is 10.1. The summed E-state index contributed by atoms with van der Waals surface area (Å²) >= 11 is 0. The maximum Gasteiger partial charge on any atom is 0.338 e. The fraction of sp³-hybridized carbons (Fsp3) is 0.143. The highest BCUT2D eigenvalue weighted by Crippen LogP contribution is 2.26. The van der Waals surface area contributed by atoms with Gasteiger partial charge in [-0.1, -0.05) is 5.16 Å². The average molecular weight is 269 g/mol. The maximum absolute atomic E-state index is 11.9. The van der Waals surface area contributed by atoms with Gasteiger partial charge in [-0.3, -0.25) is 4.98 Å². The second-order valence-electron chi connectivity index (χ2n) is 4.24. The van der Waals surface area contributed by atoms with E-state index < -0.39 is 5.97 Å². The molecule has 0 saturated carbocycles. The molecule has 0 bridgehead atoms. The van der Waals surface area contributed by atoms with Crippen LogP contribution in [0.25, 0.3) is 22.4 Å². The van der Waals surface area contributed by atoms with E-state index in [1.54, 1.807) is 31.5 Å². The fourth-order valence-corrected chi connectivity index (χ4v) is 2.03. The zero-order chi connectivity index (χ0) is 14.1. The summed E-state index contributed by atoms with van der Waals surface area (Å²) in [6.07, 6.45) is 3.33. The Morgan fingerprint density at radius 2 is 2.25 bits per heavy atom. The van der Waals surface area contributed by atoms with Crippen molar-refractivity contribution in [2.75, 3.05) is 7.11 Å². The van der Waals surface area contributed by atoms with Crippen LogP contribution in [0.4, 0.5) is 0 Å². The summed E-state index contributed by atoms with van der Waals surface area (Å²) in [5.74, 6) is -0.450. The Hall–Kier alpha value is -2.76. The summed E-state index contributed by atoms with van der Waals surface area (Å²) in [5, 5.41) is 4.42. The zero-order valence-corrected chi connectivity index (χ0v) is 11.0. The first-order valence-corrected chi connectivity index (χ1v) is 5.96. The molecule has 0 fully saturated rings. The third-order valence-electron chi connectivity index (χ3n) is 2.98. The normalized spacial score (nSPS) is 10.7. The van der Waals surface area contributed by atoms with E-state index in [-0.39, 0.29) is 0 Å². The molecular formula is C14H11N3O3. The third kappa shape index (κ3) is 1.91. The summed E-state index contributed by atoms with van der Waals surface area (Å²) in [5.41, 5.74) is 2.67. The molecule has 3 heterocycles. The van der Waals surface area contributed by atoms with Gasteiger partial charge in [0.25, 0.3) is 5.71 Å². The van der Waals surface area contributed by atoms with Crippen LogP contribution >= 0.6 is 0 Å². The average Bonchev–Trinajstić information content (AvgIpc) is 2.88. The van der Waals surface area contributed by atoms with Gasteiger partial charge in [-0.2, -0.15) is 0 Å². The lowest BCUT2D eigenvalue weighted by molar-refractivity contribution is 0.0603. The number of rotatable bonds is 2. The largest absolute Gasteiger partial charge is 0.465 e. The van der Waals surface area contributed by atoms with Crippen molar-refractivity contribution in [1.82, 2.24) is 15.1 Å². The molecule has 0 amide bonds. The van der Waals surface area contributed by atoms with Gasteiger partial charge >= 0.3 is 5.97 Å². The molecular weight excluding hydrogens is 258 g/mol. The number of aromatic nitrogens is 3. The van der Waals surface area contributed by atoms with Gasteiger partial charge < -0.3 is 9.26 Å². The SMILES string of the molecule is COC(=O)c1cc(-c2cccnc2)nc2onc(C)c12. The van der Waals surface area contributed by atoms with Crippen LogP contribution in [0.5, 0.6) is 0 Å². The standard InChI is InChI=1S/C14H11N3O3/c1-8-12-10(14(18)19-2)6-11(16-13(12)20-17-8)9-4-3-5-15-7-9/h3-7H,1-2H3. The minimum Gasteiger partial charge on any atom is -0.465 e. The Labute approximate surface area is 114 Å². The number of esters is 1. The predicted octanol–water partition coefficient (Wildman–Crippen LogP) is 2.38. The second kappa shape index (κ2) is 4.73. The van der Waals surface area contributed by atoms with E-state index >= 15 is 0 Å². The molecule has 0 unspecified atom stereocenters. The molecule has 0 aliphatic rings. The van der Waals surface area contributed by atoms with Gasteiger partial charge in [-0.25, -0.2) is 9.78 Å². The molecule has 0 saturated heterocycles. The minimum absolute atomic E-state index is 0.309. The first-order chi connectivity index (χ1) is 9.70. The number of hydrogen-bond acceptors (Lipinski definition) is 6. The Balaban J connectivity index is 2.29. The molecule has 100 valence electrons. The molecule has 0 spiro atoms. The van der Waals surface area contributed by atoms with E-state index in [9.17, 15) is 4.79 Å². The Kier molecular flexibility index (Phi) is 2.90. The van der Waals surface area contributed by atoms with E-state index in [1.807, 2.05) is 6.07 Å². The first kappa shape index (κ1) is 12.3. The van der Waals surface area contributed by atoms with E-state index in [4.69, 9.17) is 9.26 Å². The van der Waals surface area contributed by atoms with E-state index in [1.165, 1.54) is 7.11 Å². The Bertz CT molecular complexity index is 781. The highest BCUT2D eigenvalue weighted by Gasteiger charge is 2.19. The highest BCUT2D eigenvalue weighted by molar-refractivity contribution is 6.04. The third-order valence-corrected chi connectivity index (χ3v) is 2.98. The highest BCUT2D eigenvalue weighted by atomic mass is 16.5. The van der Waals surface area contributed by atoms with Gasteiger partial charge in [0.15, 0.2) is 0 Å². The van der Waals surface area contributed by atoms with E-state index in [2.05, 4.69) is 15.1 Å². The van der Waals surface area contributed by atoms with Crippen LogP contribution in [0.15, 0.2) is 35.1 Å². The zero-order valence-electron chi connectivity index (χ0n) is 11.0. The first-order valence-electron chi connectivity index (χ1n) is 5.96. The monoisotopic (exact) mass is 269 g/mol. The number of pyridine rings is 2. The van der Waals surface area contributed by atoms with Gasteiger partial charge in [0.2, 0.25) is 0 Å². The molecule has 20 heavy (non-hydrogen) atoms. The summed E-state index contributed by atoms with van der Waals surface area (Å²) in [6.45, 7) is 1.75. The number of carbonyl (C=O) groups excluding carboxylic acids is 1. The van der Waals surface area contributed by atoms with Crippen molar-refractivity contribution in [2.24, 2.45) is 0 Å². The van der Waals surface area contributed by atoms with Crippen molar-refractivity contribution in [1.29, 1.82) is 0 Å². The number of aryl methyl sites for hydroxylation is 1. The number of carbonyl (C=O) groups is 1. The second-order valence-corrected chi connectivity index (χ2v) is 4.24. The predicted molar refractivity (Wildman–Crippen MR) is 71.1 cm³/mol. The van der Waals surface area contributed by atoms with Gasteiger partial charge in [-0.05, 0) is 25.1 Å². The topological polar surface area (TPSA) is 78.1 Å². The van der Waals surface area contributed by atoms with Crippen molar-refractivity contribution in [2.45, 2.75) is 6.92 Å². The van der Waals surface area contributed by atoms with Crippen molar-refractivity contribution in [3.8, 4) is 11.3 Å². The van der Waals surface area contributed by atoms with Crippen molar-refractivity contribution in [3.63, 3.8) is 0 Å². The Morgan fingerprint density at radius 3 is 2.95 bits per heavy atom. The minimum atomic E-state index is -0.450.